The summed E-state index contributed by atoms with van der Waals surface area (Å²) in [5, 5.41) is 6.84. The van der Waals surface area contributed by atoms with Crippen molar-refractivity contribution in [2.24, 2.45) is 0 Å². The van der Waals surface area contributed by atoms with Gasteiger partial charge in [0.15, 0.2) is 0 Å². The van der Waals surface area contributed by atoms with E-state index in [9.17, 15) is 4.79 Å². The molecule has 0 unspecified atom stereocenters. The third-order valence-corrected chi connectivity index (χ3v) is 5.06. The number of carbonyl (C=O) groups is 1. The van der Waals surface area contributed by atoms with Crippen LogP contribution in [0, 0.1) is 0 Å². The number of unbranched alkanes of at least 4 members (excludes halogenated alkanes) is 1. The number of nitrogens with zero attached hydrogens (tertiary/aromatic N) is 1. The van der Waals surface area contributed by atoms with Gasteiger partial charge in [-0.3, -0.25) is 4.79 Å². The van der Waals surface area contributed by atoms with Crippen molar-refractivity contribution in [1.82, 2.24) is 5.32 Å². The lowest BCUT2D eigenvalue weighted by atomic mass is 10.0. The van der Waals surface area contributed by atoms with Crippen molar-refractivity contribution >= 4 is 28.9 Å². The Morgan fingerprint density at radius 3 is 2.13 bits per heavy atom. The van der Waals surface area contributed by atoms with Crippen molar-refractivity contribution in [3.05, 3.63) is 83.4 Å². The number of nitrogens with one attached hydrogen (secondary N) is 2. The fourth-order valence-corrected chi connectivity index (χ4v) is 3.26. The average molecular weight is 438 g/mol. The molecule has 3 aromatic rings. The Morgan fingerprint density at radius 1 is 0.935 bits per heavy atom. The second kappa shape index (κ2) is 12.8. The zero-order chi connectivity index (χ0) is 22.6. The van der Waals surface area contributed by atoms with Crippen LogP contribution in [0.3, 0.4) is 0 Å². The van der Waals surface area contributed by atoms with Crippen molar-refractivity contribution < 1.29 is 4.79 Å². The minimum atomic E-state index is -0.0441. The molecule has 164 valence electrons. The van der Waals surface area contributed by atoms with Crippen LogP contribution in [-0.2, 0) is 0 Å². The van der Waals surface area contributed by atoms with Gasteiger partial charge in [0.05, 0.1) is 0 Å². The Balaban J connectivity index is 0.00000107. The van der Waals surface area contributed by atoms with E-state index < -0.39 is 0 Å². The van der Waals surface area contributed by atoms with Crippen molar-refractivity contribution in [3.8, 4) is 11.1 Å². The molecule has 0 fully saturated rings. The molecule has 5 heteroatoms. The largest absolute Gasteiger partial charge is 0.385 e. The number of anilines is 2. The number of hydrogen-bond acceptors (Lipinski definition) is 3. The highest BCUT2D eigenvalue weighted by Gasteiger charge is 2.14. The zero-order valence-corrected chi connectivity index (χ0v) is 19.5. The van der Waals surface area contributed by atoms with E-state index in [2.05, 4.69) is 17.6 Å². The summed E-state index contributed by atoms with van der Waals surface area (Å²) < 4.78 is 0. The lowest BCUT2D eigenvalue weighted by Crippen LogP contribution is -2.26. The summed E-state index contributed by atoms with van der Waals surface area (Å²) in [7, 11) is 5.55. The summed E-state index contributed by atoms with van der Waals surface area (Å²) in [6.45, 7) is 3.13. The number of rotatable bonds is 7. The van der Waals surface area contributed by atoms with Gasteiger partial charge < -0.3 is 15.5 Å². The summed E-state index contributed by atoms with van der Waals surface area (Å²) in [6, 6.07) is 23.2. The molecule has 0 heterocycles. The molecular formula is C26H32ClN3O. The molecule has 31 heavy (non-hydrogen) atoms. The molecule has 3 aromatic carbocycles. The van der Waals surface area contributed by atoms with Gasteiger partial charge in [0, 0.05) is 41.1 Å². The molecule has 4 nitrogen and oxygen atoms in total. The summed E-state index contributed by atoms with van der Waals surface area (Å²) in [5.74, 6) is -0.0441. The maximum absolute atomic E-state index is 12.8. The highest BCUT2D eigenvalue weighted by molar-refractivity contribution is 6.33. The second-order valence-corrected chi connectivity index (χ2v) is 7.66. The summed E-state index contributed by atoms with van der Waals surface area (Å²) in [5.41, 5.74) is 4.53. The minimum absolute atomic E-state index is 0.0441. The Labute approximate surface area is 191 Å². The van der Waals surface area contributed by atoms with Gasteiger partial charge in [0.25, 0.3) is 5.91 Å². The molecule has 0 atom stereocenters. The lowest BCUT2D eigenvalue weighted by molar-refractivity contribution is 0.0993. The second-order valence-electron chi connectivity index (χ2n) is 7.25. The first kappa shape index (κ1) is 24.4. The predicted molar refractivity (Wildman–Crippen MR) is 134 cm³/mol. The van der Waals surface area contributed by atoms with Crippen LogP contribution in [-0.4, -0.2) is 33.6 Å². The van der Waals surface area contributed by atoms with Gasteiger partial charge in [0.1, 0.15) is 0 Å². The van der Waals surface area contributed by atoms with Gasteiger partial charge in [-0.25, -0.2) is 0 Å². The normalized spacial score (nSPS) is 10.1. The zero-order valence-electron chi connectivity index (χ0n) is 18.8. The number of amides is 1. The molecule has 0 aromatic heterocycles. The first-order valence-electron chi connectivity index (χ1n) is 10.6. The molecule has 0 aliphatic heterocycles. The molecule has 0 aliphatic carbocycles. The summed E-state index contributed by atoms with van der Waals surface area (Å²) in [6.07, 6.45) is 2.31. The first-order valence-corrected chi connectivity index (χ1v) is 10.9. The molecule has 0 aliphatic rings. The van der Waals surface area contributed by atoms with E-state index in [1.165, 1.54) is 0 Å². The molecule has 0 saturated heterocycles. The SMILES string of the molecule is CCCCNc1ccc(N(C)C(=O)c2ccc(-c3ccccc3Cl)cc2)cc1.CNC. The van der Waals surface area contributed by atoms with E-state index in [0.29, 0.717) is 10.6 Å². The third kappa shape index (κ3) is 7.12. The lowest BCUT2D eigenvalue weighted by Gasteiger charge is -2.18. The van der Waals surface area contributed by atoms with Gasteiger partial charge in [0.2, 0.25) is 0 Å². The smallest absolute Gasteiger partial charge is 0.258 e. The van der Waals surface area contributed by atoms with Gasteiger partial charge in [-0.05, 0) is 68.5 Å². The number of carbonyl (C=O) groups excluding carboxylic acids is 1. The summed E-state index contributed by atoms with van der Waals surface area (Å²) in [4.78, 5) is 14.5. The van der Waals surface area contributed by atoms with Crippen LogP contribution in [0.25, 0.3) is 11.1 Å². The van der Waals surface area contributed by atoms with Gasteiger partial charge in [-0.2, -0.15) is 0 Å². The topological polar surface area (TPSA) is 44.4 Å². The van der Waals surface area contributed by atoms with E-state index in [0.717, 1.165) is 41.9 Å². The molecule has 0 saturated carbocycles. The molecule has 1 amide bonds. The minimum Gasteiger partial charge on any atom is -0.385 e. The maximum Gasteiger partial charge on any atom is 0.258 e. The Bertz CT molecular complexity index is 940. The molecular weight excluding hydrogens is 406 g/mol. The van der Waals surface area contributed by atoms with Gasteiger partial charge >= 0.3 is 0 Å². The molecule has 0 spiro atoms. The van der Waals surface area contributed by atoms with Crippen LogP contribution in [0.4, 0.5) is 11.4 Å². The predicted octanol–water partition coefficient (Wildman–Crippen LogP) is 6.33. The average Bonchev–Trinajstić information content (AvgIpc) is 2.80. The van der Waals surface area contributed by atoms with Crippen LogP contribution in [0.15, 0.2) is 72.8 Å². The number of benzene rings is 3. The van der Waals surface area contributed by atoms with Crippen LogP contribution < -0.4 is 15.5 Å². The van der Waals surface area contributed by atoms with E-state index >= 15 is 0 Å². The maximum atomic E-state index is 12.8. The van der Waals surface area contributed by atoms with Gasteiger partial charge in [-0.15, -0.1) is 0 Å². The van der Waals surface area contributed by atoms with Crippen LogP contribution in [0.2, 0.25) is 5.02 Å². The van der Waals surface area contributed by atoms with E-state index in [4.69, 9.17) is 11.6 Å². The third-order valence-electron chi connectivity index (χ3n) is 4.74. The van der Waals surface area contributed by atoms with Crippen LogP contribution in [0.5, 0.6) is 0 Å². The van der Waals surface area contributed by atoms with E-state index in [-0.39, 0.29) is 5.91 Å². The Hall–Kier alpha value is -2.82. The standard InChI is InChI=1S/C24H25ClN2O.C2H7N/c1-3-4-17-26-20-13-15-21(16-14-20)27(2)24(28)19-11-9-18(10-12-19)22-7-5-6-8-23(22)25;1-3-2/h5-16,26H,3-4,17H2,1-2H3;3H,1-2H3. The number of halogens is 1. The van der Waals surface area contributed by atoms with Crippen molar-refractivity contribution in [3.63, 3.8) is 0 Å². The van der Waals surface area contributed by atoms with E-state index in [1.54, 1.807) is 11.9 Å². The quantitative estimate of drug-likeness (QED) is 0.424. The Morgan fingerprint density at radius 2 is 1.55 bits per heavy atom. The van der Waals surface area contributed by atoms with Crippen molar-refractivity contribution in [1.29, 1.82) is 0 Å². The van der Waals surface area contributed by atoms with Crippen molar-refractivity contribution in [2.45, 2.75) is 19.8 Å². The fraction of sp³-hybridized carbons (Fsp3) is 0.269. The molecule has 3 rings (SSSR count). The van der Waals surface area contributed by atoms with Crippen LogP contribution in [0.1, 0.15) is 30.1 Å². The molecule has 2 N–H and O–H groups in total. The molecule has 0 bridgehead atoms. The fourth-order valence-electron chi connectivity index (χ4n) is 3.01. The number of hydrogen-bond donors (Lipinski definition) is 2. The van der Waals surface area contributed by atoms with Crippen LogP contribution >= 0.6 is 11.6 Å². The monoisotopic (exact) mass is 437 g/mol. The van der Waals surface area contributed by atoms with E-state index in [1.807, 2.05) is 86.9 Å². The Kier molecular flexibility index (Phi) is 10.1. The summed E-state index contributed by atoms with van der Waals surface area (Å²) >= 11 is 6.26. The highest BCUT2D eigenvalue weighted by atomic mass is 35.5. The molecule has 0 radical (unpaired) electrons. The van der Waals surface area contributed by atoms with Gasteiger partial charge in [-0.1, -0.05) is 55.3 Å². The van der Waals surface area contributed by atoms with Crippen molar-refractivity contribution in [2.75, 3.05) is 37.9 Å². The highest BCUT2D eigenvalue weighted by Crippen LogP contribution is 2.28. The first-order chi connectivity index (χ1) is 15.0.